The molecule has 0 aliphatic carbocycles. The summed E-state index contributed by atoms with van der Waals surface area (Å²) < 4.78 is 11.3. The first-order valence-corrected chi connectivity index (χ1v) is 5.70. The average Bonchev–Trinajstić information content (AvgIpc) is 2.64. The molecule has 1 saturated heterocycles. The van der Waals surface area contributed by atoms with Crippen molar-refractivity contribution in [2.45, 2.75) is 51.9 Å². The number of ether oxygens (including phenoxy) is 2. The van der Waals surface area contributed by atoms with E-state index >= 15 is 0 Å². The maximum absolute atomic E-state index is 5.66. The second-order valence-electron chi connectivity index (χ2n) is 4.10. The molecule has 1 rings (SSSR count). The highest BCUT2D eigenvalue weighted by molar-refractivity contribution is 4.80. The second kappa shape index (κ2) is 6.38. The molecule has 0 saturated carbocycles. The van der Waals surface area contributed by atoms with Crippen molar-refractivity contribution in [1.82, 2.24) is 5.32 Å². The van der Waals surface area contributed by atoms with E-state index in [9.17, 15) is 0 Å². The third-order valence-electron chi connectivity index (χ3n) is 2.49. The molecule has 1 fully saturated rings. The van der Waals surface area contributed by atoms with Crippen molar-refractivity contribution in [2.75, 3.05) is 19.8 Å². The van der Waals surface area contributed by atoms with Crippen molar-refractivity contribution in [2.24, 2.45) is 0 Å². The Morgan fingerprint density at radius 3 is 2.79 bits per heavy atom. The third kappa shape index (κ3) is 3.95. The SMILES string of the molecule is CCNC(COC(C)C)C1CCCO1. The van der Waals surface area contributed by atoms with Gasteiger partial charge in [0, 0.05) is 6.61 Å². The first kappa shape index (κ1) is 12.0. The van der Waals surface area contributed by atoms with Crippen molar-refractivity contribution in [3.05, 3.63) is 0 Å². The van der Waals surface area contributed by atoms with Crippen LogP contribution in [-0.4, -0.2) is 38.0 Å². The molecular formula is C11H23NO2. The summed E-state index contributed by atoms with van der Waals surface area (Å²) in [7, 11) is 0. The van der Waals surface area contributed by atoms with Gasteiger partial charge in [-0.05, 0) is 33.2 Å². The summed E-state index contributed by atoms with van der Waals surface area (Å²) in [5.41, 5.74) is 0. The van der Waals surface area contributed by atoms with Gasteiger partial charge in [0.1, 0.15) is 0 Å². The van der Waals surface area contributed by atoms with Crippen LogP contribution in [0, 0.1) is 0 Å². The zero-order valence-corrected chi connectivity index (χ0v) is 9.58. The molecule has 0 aromatic carbocycles. The molecule has 3 heteroatoms. The summed E-state index contributed by atoms with van der Waals surface area (Å²) in [5.74, 6) is 0. The van der Waals surface area contributed by atoms with Crippen molar-refractivity contribution in [1.29, 1.82) is 0 Å². The highest BCUT2D eigenvalue weighted by Gasteiger charge is 2.25. The third-order valence-corrected chi connectivity index (χ3v) is 2.49. The van der Waals surface area contributed by atoms with Crippen molar-refractivity contribution >= 4 is 0 Å². The summed E-state index contributed by atoms with van der Waals surface area (Å²) in [5, 5.41) is 3.43. The van der Waals surface area contributed by atoms with Crippen LogP contribution in [0.2, 0.25) is 0 Å². The summed E-state index contributed by atoms with van der Waals surface area (Å²) in [6, 6.07) is 0.366. The van der Waals surface area contributed by atoms with Crippen LogP contribution in [-0.2, 0) is 9.47 Å². The molecule has 1 N–H and O–H groups in total. The summed E-state index contributed by atoms with van der Waals surface area (Å²) in [6.07, 6.45) is 3.01. The Labute approximate surface area is 87.2 Å². The minimum Gasteiger partial charge on any atom is -0.377 e. The van der Waals surface area contributed by atoms with Crippen LogP contribution < -0.4 is 5.32 Å². The highest BCUT2D eigenvalue weighted by Crippen LogP contribution is 2.16. The van der Waals surface area contributed by atoms with Crippen LogP contribution in [0.1, 0.15) is 33.6 Å². The minimum atomic E-state index is 0.303. The van der Waals surface area contributed by atoms with E-state index in [1.807, 2.05) is 0 Å². The van der Waals surface area contributed by atoms with Crippen LogP contribution in [0.5, 0.6) is 0 Å². The van der Waals surface area contributed by atoms with Gasteiger partial charge in [0.15, 0.2) is 0 Å². The molecular weight excluding hydrogens is 178 g/mol. The van der Waals surface area contributed by atoms with E-state index in [-0.39, 0.29) is 0 Å². The first-order valence-electron chi connectivity index (χ1n) is 5.70. The Bertz CT molecular complexity index is 144. The van der Waals surface area contributed by atoms with Crippen molar-refractivity contribution in [3.8, 4) is 0 Å². The molecule has 3 nitrogen and oxygen atoms in total. The smallest absolute Gasteiger partial charge is 0.0751 e. The molecule has 84 valence electrons. The molecule has 1 aliphatic heterocycles. The van der Waals surface area contributed by atoms with Crippen molar-refractivity contribution in [3.63, 3.8) is 0 Å². The molecule has 0 aromatic rings. The number of nitrogens with one attached hydrogen (secondary N) is 1. The first-order chi connectivity index (χ1) is 6.74. The average molecular weight is 201 g/mol. The highest BCUT2D eigenvalue weighted by atomic mass is 16.5. The lowest BCUT2D eigenvalue weighted by Crippen LogP contribution is -2.43. The van der Waals surface area contributed by atoms with E-state index in [4.69, 9.17) is 9.47 Å². The lowest BCUT2D eigenvalue weighted by atomic mass is 10.1. The molecule has 1 heterocycles. The summed E-state index contributed by atoms with van der Waals surface area (Å²) in [6.45, 7) is 8.91. The quantitative estimate of drug-likeness (QED) is 0.707. The number of rotatable bonds is 6. The fourth-order valence-corrected chi connectivity index (χ4v) is 1.78. The van der Waals surface area contributed by atoms with Gasteiger partial charge >= 0.3 is 0 Å². The molecule has 0 amide bonds. The standard InChI is InChI=1S/C11H23NO2/c1-4-12-10(8-14-9(2)3)11-6-5-7-13-11/h9-12H,4-8H2,1-3H3. The molecule has 2 atom stereocenters. The lowest BCUT2D eigenvalue weighted by Gasteiger charge is -2.24. The van der Waals surface area contributed by atoms with Gasteiger partial charge in [0.2, 0.25) is 0 Å². The van der Waals surface area contributed by atoms with Gasteiger partial charge in [0.25, 0.3) is 0 Å². The van der Waals surface area contributed by atoms with Crippen LogP contribution in [0.15, 0.2) is 0 Å². The van der Waals surface area contributed by atoms with E-state index in [2.05, 4.69) is 26.1 Å². The maximum Gasteiger partial charge on any atom is 0.0751 e. The topological polar surface area (TPSA) is 30.5 Å². The summed E-state index contributed by atoms with van der Waals surface area (Å²) in [4.78, 5) is 0. The van der Waals surface area contributed by atoms with Crippen molar-refractivity contribution < 1.29 is 9.47 Å². The molecule has 2 unspecified atom stereocenters. The van der Waals surface area contributed by atoms with Gasteiger partial charge in [-0.15, -0.1) is 0 Å². The molecule has 0 spiro atoms. The van der Waals surface area contributed by atoms with E-state index in [0.29, 0.717) is 18.2 Å². The van der Waals surface area contributed by atoms with Gasteiger partial charge < -0.3 is 14.8 Å². The zero-order valence-electron chi connectivity index (χ0n) is 9.58. The monoisotopic (exact) mass is 201 g/mol. The normalized spacial score (nSPS) is 24.4. The number of likely N-dealkylation sites (N-methyl/N-ethyl adjacent to an activating group) is 1. The van der Waals surface area contributed by atoms with Gasteiger partial charge in [-0.1, -0.05) is 6.92 Å². The largest absolute Gasteiger partial charge is 0.377 e. The second-order valence-corrected chi connectivity index (χ2v) is 4.10. The fourth-order valence-electron chi connectivity index (χ4n) is 1.78. The Morgan fingerprint density at radius 1 is 1.50 bits per heavy atom. The zero-order chi connectivity index (χ0) is 10.4. The lowest BCUT2D eigenvalue weighted by molar-refractivity contribution is 0.00868. The van der Waals surface area contributed by atoms with E-state index in [1.165, 1.54) is 12.8 Å². The minimum absolute atomic E-state index is 0.303. The Kier molecular flexibility index (Phi) is 5.45. The predicted octanol–water partition coefficient (Wildman–Crippen LogP) is 1.57. The van der Waals surface area contributed by atoms with Crippen LogP contribution in [0.3, 0.4) is 0 Å². The number of hydrogen-bond acceptors (Lipinski definition) is 3. The Morgan fingerprint density at radius 2 is 2.29 bits per heavy atom. The predicted molar refractivity (Wildman–Crippen MR) is 57.5 cm³/mol. The Balaban J connectivity index is 2.29. The van der Waals surface area contributed by atoms with Gasteiger partial charge in [-0.3, -0.25) is 0 Å². The molecule has 0 radical (unpaired) electrons. The van der Waals surface area contributed by atoms with E-state index in [1.54, 1.807) is 0 Å². The van der Waals surface area contributed by atoms with E-state index < -0.39 is 0 Å². The van der Waals surface area contributed by atoms with Crippen LogP contribution in [0.25, 0.3) is 0 Å². The molecule has 0 bridgehead atoms. The maximum atomic E-state index is 5.66. The molecule has 14 heavy (non-hydrogen) atoms. The van der Waals surface area contributed by atoms with Crippen LogP contribution in [0.4, 0.5) is 0 Å². The van der Waals surface area contributed by atoms with Gasteiger partial charge in [0.05, 0.1) is 24.9 Å². The van der Waals surface area contributed by atoms with Gasteiger partial charge in [-0.25, -0.2) is 0 Å². The molecule has 0 aromatic heterocycles. The van der Waals surface area contributed by atoms with E-state index in [0.717, 1.165) is 19.8 Å². The fraction of sp³-hybridized carbons (Fsp3) is 1.00. The van der Waals surface area contributed by atoms with Gasteiger partial charge in [-0.2, -0.15) is 0 Å². The summed E-state index contributed by atoms with van der Waals surface area (Å²) >= 11 is 0. The molecule has 1 aliphatic rings. The number of hydrogen-bond donors (Lipinski definition) is 1. The Hall–Kier alpha value is -0.120. The van der Waals surface area contributed by atoms with Crippen LogP contribution >= 0.6 is 0 Å².